The van der Waals surface area contributed by atoms with Gasteiger partial charge in [0.05, 0.1) is 25.1 Å². The number of benzene rings is 3. The molecule has 252 valence electrons. The van der Waals surface area contributed by atoms with E-state index in [1.807, 2.05) is 42.5 Å². The maximum Gasteiger partial charge on any atom is 0.410 e. The topological polar surface area (TPSA) is 118 Å². The number of amides is 1. The third kappa shape index (κ3) is 8.18. The van der Waals surface area contributed by atoms with E-state index in [9.17, 15) is 19.1 Å². The number of likely N-dealkylation sites (tertiary alicyclic amines) is 1. The normalized spacial score (nSPS) is 17.1. The molecule has 9 nitrogen and oxygen atoms in total. The lowest BCUT2D eigenvalue weighted by Gasteiger charge is -2.29. The molecule has 1 saturated heterocycles. The van der Waals surface area contributed by atoms with Gasteiger partial charge in [-0.25, -0.2) is 14.2 Å². The van der Waals surface area contributed by atoms with Gasteiger partial charge in [-0.3, -0.25) is 4.79 Å². The minimum atomic E-state index is -1.50. The molecule has 0 radical (unpaired) electrons. The molecule has 0 aliphatic carbocycles. The zero-order chi connectivity index (χ0) is 34.3. The van der Waals surface area contributed by atoms with E-state index in [1.165, 1.54) is 19.2 Å². The molecule has 1 aromatic heterocycles. The molecule has 48 heavy (non-hydrogen) atoms. The lowest BCUT2D eigenvalue weighted by atomic mass is 9.80. The fourth-order valence-corrected chi connectivity index (χ4v) is 5.83. The molecule has 10 heteroatoms. The summed E-state index contributed by atoms with van der Waals surface area (Å²) in [6.45, 7) is 4.68. The highest BCUT2D eigenvalue weighted by molar-refractivity contribution is 5.96. The van der Waals surface area contributed by atoms with Gasteiger partial charge in [0.1, 0.15) is 24.6 Å². The number of hydrogen-bond donors (Lipinski definition) is 2. The largest absolute Gasteiger partial charge is 0.493 e. The van der Waals surface area contributed by atoms with Crippen molar-refractivity contribution in [1.82, 2.24) is 9.88 Å². The number of halogens is 1. The van der Waals surface area contributed by atoms with Crippen molar-refractivity contribution in [3.63, 3.8) is 0 Å². The number of hydrogen-bond acceptors (Lipinski definition) is 8. The monoisotopic (exact) mass is 656 g/mol. The van der Waals surface area contributed by atoms with Gasteiger partial charge in [-0.05, 0) is 85.5 Å². The van der Waals surface area contributed by atoms with Gasteiger partial charge < -0.3 is 29.3 Å². The Hall–Kier alpha value is -4.80. The van der Waals surface area contributed by atoms with Crippen molar-refractivity contribution in [3.8, 4) is 22.8 Å². The second-order valence-corrected chi connectivity index (χ2v) is 12.5. The van der Waals surface area contributed by atoms with E-state index >= 15 is 0 Å². The fourth-order valence-electron chi connectivity index (χ4n) is 5.83. The number of aromatic nitrogens is 1. The first kappa shape index (κ1) is 34.5. The first-order valence-electron chi connectivity index (χ1n) is 15.9. The molecule has 4 aromatic rings. The van der Waals surface area contributed by atoms with Crippen molar-refractivity contribution in [2.45, 2.75) is 50.7 Å². The molecule has 1 aliphatic heterocycles. The molecule has 0 bridgehead atoms. The fraction of sp³-hybridized carbons (Fsp3) is 0.342. The summed E-state index contributed by atoms with van der Waals surface area (Å²) in [6.07, 6.45) is 0.347. The lowest BCUT2D eigenvalue weighted by molar-refractivity contribution is 0.0396. The van der Waals surface area contributed by atoms with Crippen LogP contribution in [0, 0.1) is 5.82 Å². The lowest BCUT2D eigenvalue weighted by Crippen LogP contribution is -2.33. The van der Waals surface area contributed by atoms with Crippen LogP contribution in [0.4, 0.5) is 9.18 Å². The highest BCUT2D eigenvalue weighted by Gasteiger charge is 2.40. The van der Waals surface area contributed by atoms with E-state index in [-0.39, 0.29) is 44.3 Å². The molecule has 1 fully saturated rings. The van der Waals surface area contributed by atoms with Crippen molar-refractivity contribution >= 4 is 11.9 Å². The van der Waals surface area contributed by atoms with Crippen LogP contribution in [-0.2, 0) is 22.4 Å². The van der Waals surface area contributed by atoms with E-state index in [2.05, 4.69) is 6.92 Å². The first-order valence-corrected chi connectivity index (χ1v) is 15.9. The van der Waals surface area contributed by atoms with Crippen LogP contribution in [0.15, 0.2) is 84.9 Å². The van der Waals surface area contributed by atoms with Crippen LogP contribution in [0.1, 0.15) is 60.3 Å². The maximum atomic E-state index is 13.8. The first-order chi connectivity index (χ1) is 23.0. The smallest absolute Gasteiger partial charge is 0.410 e. The minimum absolute atomic E-state index is 0.0170. The van der Waals surface area contributed by atoms with Crippen molar-refractivity contribution in [2.75, 3.05) is 33.4 Å². The van der Waals surface area contributed by atoms with Gasteiger partial charge in [0.15, 0.2) is 17.3 Å². The highest BCUT2D eigenvalue weighted by Crippen LogP contribution is 2.39. The van der Waals surface area contributed by atoms with Crippen LogP contribution in [-0.4, -0.2) is 65.4 Å². The van der Waals surface area contributed by atoms with Crippen molar-refractivity contribution in [1.29, 1.82) is 0 Å². The predicted molar refractivity (Wildman–Crippen MR) is 179 cm³/mol. The number of carbonyl (C=O) groups excluding carboxylic acids is 2. The van der Waals surface area contributed by atoms with Crippen LogP contribution < -0.4 is 9.47 Å². The number of methoxy groups -OCH3 is 1. The molecule has 2 unspecified atom stereocenters. The number of carbonyl (C=O) groups is 2. The molecule has 1 amide bonds. The van der Waals surface area contributed by atoms with Gasteiger partial charge in [-0.1, -0.05) is 37.3 Å². The number of ether oxygens (including phenoxy) is 3. The molecular formula is C38H41FN2O7. The second-order valence-electron chi connectivity index (χ2n) is 12.5. The molecule has 0 saturated carbocycles. The Balaban J connectivity index is 1.37. The van der Waals surface area contributed by atoms with Crippen molar-refractivity contribution in [3.05, 3.63) is 113 Å². The number of aliphatic hydroxyl groups excluding tert-OH is 1. The summed E-state index contributed by atoms with van der Waals surface area (Å²) >= 11 is 0. The van der Waals surface area contributed by atoms with Crippen molar-refractivity contribution in [2.24, 2.45) is 0 Å². The average Bonchev–Trinajstić information content (AvgIpc) is 3.52. The summed E-state index contributed by atoms with van der Waals surface area (Å²) in [5.74, 6) is 0.192. The third-order valence-electron chi connectivity index (χ3n) is 8.82. The predicted octanol–water partition coefficient (Wildman–Crippen LogP) is 6.44. The summed E-state index contributed by atoms with van der Waals surface area (Å²) in [7, 11) is 1.47. The number of nitrogens with zero attached hydrogens (tertiary/aromatic N) is 2. The van der Waals surface area contributed by atoms with E-state index in [0.29, 0.717) is 53.5 Å². The third-order valence-corrected chi connectivity index (χ3v) is 8.82. The molecule has 2 heterocycles. The van der Waals surface area contributed by atoms with E-state index in [0.717, 1.165) is 11.1 Å². The maximum absolute atomic E-state index is 13.8. The van der Waals surface area contributed by atoms with Crippen LogP contribution in [0.25, 0.3) is 11.3 Å². The van der Waals surface area contributed by atoms with Crippen LogP contribution in [0.5, 0.6) is 11.5 Å². The minimum Gasteiger partial charge on any atom is -0.493 e. The van der Waals surface area contributed by atoms with E-state index in [4.69, 9.17) is 24.3 Å². The Kier molecular flexibility index (Phi) is 10.8. The van der Waals surface area contributed by atoms with Crippen LogP contribution in [0.2, 0.25) is 0 Å². The zero-order valence-corrected chi connectivity index (χ0v) is 27.4. The number of pyridine rings is 1. The Bertz CT molecular complexity index is 1730. The number of rotatable bonds is 13. The van der Waals surface area contributed by atoms with Crippen LogP contribution in [0.3, 0.4) is 0 Å². The Morgan fingerprint density at radius 2 is 1.77 bits per heavy atom. The van der Waals surface area contributed by atoms with E-state index in [1.54, 1.807) is 42.2 Å². The summed E-state index contributed by atoms with van der Waals surface area (Å²) in [6, 6.07) is 24.1. The number of aliphatic hydroxyl groups is 2. The highest BCUT2D eigenvalue weighted by atomic mass is 19.1. The summed E-state index contributed by atoms with van der Waals surface area (Å²) < 4.78 is 30.2. The van der Waals surface area contributed by atoms with E-state index < -0.39 is 17.1 Å². The standard InChI is InChI=1S/C38H41FN2O7/c1-37(17-18-41(25-37)36(44)48-24-26-7-5-4-6-8-26)29-22-31(27-9-12-30(39)13-10-27)40-35(23-29)38(2,45)16-15-32(43)28-11-14-33(47-20-19-42)34(21-28)46-3/h4-14,21-23,42,45H,15-20,24-25H2,1-3H3. The average molecular weight is 657 g/mol. The molecule has 5 rings (SSSR count). The second kappa shape index (κ2) is 15.0. The number of Topliss-reactive ketones (excluding diaryl/α,β-unsaturated/α-hetero) is 1. The Labute approximate surface area is 279 Å². The zero-order valence-electron chi connectivity index (χ0n) is 27.4. The SMILES string of the molecule is COc1cc(C(=O)CCC(C)(O)c2cc(C3(C)CCN(C(=O)OCc4ccccc4)C3)cc(-c3ccc(F)cc3)n2)ccc1OCCO. The Morgan fingerprint density at radius 1 is 1.02 bits per heavy atom. The Morgan fingerprint density at radius 3 is 2.48 bits per heavy atom. The molecule has 2 N–H and O–H groups in total. The van der Waals surface area contributed by atoms with Gasteiger partial charge in [0.25, 0.3) is 0 Å². The quantitative estimate of drug-likeness (QED) is 0.158. The summed E-state index contributed by atoms with van der Waals surface area (Å²) in [5, 5.41) is 20.8. The van der Waals surface area contributed by atoms with Crippen LogP contribution >= 0.6 is 0 Å². The molecule has 0 spiro atoms. The van der Waals surface area contributed by atoms with Gasteiger partial charge in [-0.15, -0.1) is 0 Å². The summed E-state index contributed by atoms with van der Waals surface area (Å²) in [4.78, 5) is 32.8. The van der Waals surface area contributed by atoms with Gasteiger partial charge >= 0.3 is 6.09 Å². The van der Waals surface area contributed by atoms with Gasteiger partial charge in [0.2, 0.25) is 0 Å². The molecular weight excluding hydrogens is 615 g/mol. The molecule has 1 aliphatic rings. The number of ketones is 1. The molecule has 3 aromatic carbocycles. The van der Waals surface area contributed by atoms with Gasteiger partial charge in [-0.2, -0.15) is 0 Å². The summed E-state index contributed by atoms with van der Waals surface area (Å²) in [5.41, 5.74) is 1.75. The van der Waals surface area contributed by atoms with Crippen molar-refractivity contribution < 1.29 is 38.4 Å². The molecule has 2 atom stereocenters. The van der Waals surface area contributed by atoms with Gasteiger partial charge in [0, 0.05) is 36.1 Å².